The number of hydrogen-bond acceptors (Lipinski definition) is 8. The Balaban J connectivity index is 1.48. The average Bonchev–Trinajstić information content (AvgIpc) is 3.41. The van der Waals surface area contributed by atoms with Crippen LogP contribution in [0.25, 0.3) is 0 Å². The second-order valence-electron chi connectivity index (χ2n) is 10.7. The SMILES string of the molecule is CSCc1ccc(N(C)C[C@@H](O)[C@H](Cc2ccccc2)NC(=O)c2cccc(C(=O)N(C)Cc3nc(C)cs3)c2)nc1C. The third-order valence-corrected chi connectivity index (χ3v) is 8.72. The van der Waals surface area contributed by atoms with Crippen LogP contribution in [0.1, 0.15) is 48.2 Å². The molecule has 4 rings (SSSR count). The Morgan fingerprint density at radius 1 is 1.00 bits per heavy atom. The second kappa shape index (κ2) is 15.1. The first-order valence-electron chi connectivity index (χ1n) is 14.1. The molecular weight excluding hydrogens is 579 g/mol. The number of likely N-dealkylation sites (N-methyl/N-ethyl adjacent to an activating group) is 1. The number of aryl methyl sites for hydroxylation is 2. The Bertz CT molecular complexity index is 1530. The van der Waals surface area contributed by atoms with Gasteiger partial charge in [0.2, 0.25) is 0 Å². The lowest BCUT2D eigenvalue weighted by molar-refractivity contribution is 0.0784. The van der Waals surface area contributed by atoms with Gasteiger partial charge in [-0.05, 0) is 61.9 Å². The van der Waals surface area contributed by atoms with Gasteiger partial charge < -0.3 is 20.2 Å². The monoisotopic (exact) mass is 617 g/mol. The molecule has 0 unspecified atom stereocenters. The Morgan fingerprint density at radius 2 is 1.74 bits per heavy atom. The minimum Gasteiger partial charge on any atom is -0.389 e. The van der Waals surface area contributed by atoms with E-state index in [1.54, 1.807) is 48.0 Å². The van der Waals surface area contributed by atoms with Crippen molar-refractivity contribution in [3.8, 4) is 0 Å². The topological polar surface area (TPSA) is 98.7 Å². The van der Waals surface area contributed by atoms with Crippen LogP contribution in [0.5, 0.6) is 0 Å². The predicted octanol–water partition coefficient (Wildman–Crippen LogP) is 5.13. The number of aliphatic hydroxyl groups is 1. The molecule has 2 amide bonds. The van der Waals surface area contributed by atoms with Gasteiger partial charge >= 0.3 is 0 Å². The summed E-state index contributed by atoms with van der Waals surface area (Å²) in [5.74, 6) is 1.10. The molecule has 0 saturated carbocycles. The maximum Gasteiger partial charge on any atom is 0.253 e. The summed E-state index contributed by atoms with van der Waals surface area (Å²) in [7, 11) is 3.61. The molecule has 2 atom stereocenters. The molecule has 0 aliphatic rings. The standard InChI is InChI=1S/C33H39N5O3S2/c1-22-20-43-31(34-22)19-38(4)33(41)26-13-9-12-25(17-26)32(40)36-28(16-24-10-7-6-8-11-24)29(39)18-37(3)30-15-14-27(21-42-5)23(2)35-30/h6-15,17,20,28-29,39H,16,18-19,21H2,1-5H3,(H,36,40)/t28-,29+/m0/s1. The van der Waals surface area contributed by atoms with Crippen molar-refractivity contribution in [3.63, 3.8) is 0 Å². The summed E-state index contributed by atoms with van der Waals surface area (Å²) in [5.41, 5.74) is 4.83. The molecule has 10 heteroatoms. The number of aliphatic hydroxyl groups excluding tert-OH is 1. The molecule has 0 spiro atoms. The number of carbonyl (C=O) groups excluding carboxylic acids is 2. The summed E-state index contributed by atoms with van der Waals surface area (Å²) < 4.78 is 0. The third-order valence-electron chi connectivity index (χ3n) is 7.17. The van der Waals surface area contributed by atoms with Crippen LogP contribution < -0.4 is 10.2 Å². The highest BCUT2D eigenvalue weighted by molar-refractivity contribution is 7.97. The summed E-state index contributed by atoms with van der Waals surface area (Å²) in [6, 6.07) is 19.9. The van der Waals surface area contributed by atoms with Crippen LogP contribution in [-0.4, -0.2) is 70.8 Å². The van der Waals surface area contributed by atoms with Gasteiger partial charge in [-0.2, -0.15) is 11.8 Å². The molecule has 0 aliphatic heterocycles. The molecule has 2 N–H and O–H groups in total. The number of pyridine rings is 1. The predicted molar refractivity (Wildman–Crippen MR) is 176 cm³/mol. The molecule has 226 valence electrons. The highest BCUT2D eigenvalue weighted by Crippen LogP contribution is 2.19. The summed E-state index contributed by atoms with van der Waals surface area (Å²) in [4.78, 5) is 39.3. The van der Waals surface area contributed by atoms with E-state index in [2.05, 4.69) is 22.6 Å². The van der Waals surface area contributed by atoms with Gasteiger partial charge in [-0.1, -0.05) is 42.5 Å². The number of anilines is 1. The van der Waals surface area contributed by atoms with Crippen molar-refractivity contribution in [3.05, 3.63) is 111 Å². The minimum absolute atomic E-state index is 0.198. The van der Waals surface area contributed by atoms with Crippen molar-refractivity contribution in [1.82, 2.24) is 20.2 Å². The Morgan fingerprint density at radius 3 is 2.42 bits per heavy atom. The van der Waals surface area contributed by atoms with Crippen LogP contribution >= 0.6 is 23.1 Å². The Labute approximate surface area is 262 Å². The van der Waals surface area contributed by atoms with E-state index in [9.17, 15) is 14.7 Å². The van der Waals surface area contributed by atoms with E-state index in [1.165, 1.54) is 16.9 Å². The van der Waals surface area contributed by atoms with Crippen LogP contribution in [0.15, 0.2) is 72.1 Å². The molecule has 0 aliphatic carbocycles. The molecular formula is C33H39N5O3S2. The number of nitrogens with one attached hydrogen (secondary N) is 1. The number of thiazole rings is 1. The van der Waals surface area contributed by atoms with Gasteiger partial charge in [-0.25, -0.2) is 9.97 Å². The minimum atomic E-state index is -0.889. The molecule has 0 bridgehead atoms. The Kier molecular flexibility index (Phi) is 11.3. The fourth-order valence-electron chi connectivity index (χ4n) is 4.77. The van der Waals surface area contributed by atoms with Crippen molar-refractivity contribution in [2.75, 3.05) is 31.8 Å². The third kappa shape index (κ3) is 8.89. The normalized spacial score (nSPS) is 12.4. The summed E-state index contributed by atoms with van der Waals surface area (Å²) in [6.07, 6.45) is 1.61. The van der Waals surface area contributed by atoms with Gasteiger partial charge in [0, 0.05) is 54.3 Å². The van der Waals surface area contributed by atoms with Crippen LogP contribution in [0.2, 0.25) is 0 Å². The van der Waals surface area contributed by atoms with Crippen molar-refractivity contribution in [2.24, 2.45) is 0 Å². The van der Waals surface area contributed by atoms with Crippen molar-refractivity contribution in [1.29, 1.82) is 0 Å². The zero-order valence-corrected chi connectivity index (χ0v) is 26.9. The number of nitrogens with zero attached hydrogens (tertiary/aromatic N) is 4. The largest absolute Gasteiger partial charge is 0.389 e. The van der Waals surface area contributed by atoms with E-state index in [4.69, 9.17) is 4.98 Å². The number of hydrogen-bond donors (Lipinski definition) is 2. The average molecular weight is 618 g/mol. The molecule has 2 heterocycles. The maximum atomic E-state index is 13.5. The van der Waals surface area contributed by atoms with Gasteiger partial charge in [-0.15, -0.1) is 11.3 Å². The van der Waals surface area contributed by atoms with Gasteiger partial charge in [0.15, 0.2) is 0 Å². The first-order chi connectivity index (χ1) is 20.6. The lowest BCUT2D eigenvalue weighted by Gasteiger charge is -2.29. The zero-order valence-electron chi connectivity index (χ0n) is 25.3. The molecule has 0 saturated heterocycles. The fourth-order valence-corrected chi connectivity index (χ4v) is 6.21. The zero-order chi connectivity index (χ0) is 30.9. The number of rotatable bonds is 13. The Hall–Kier alpha value is -3.73. The summed E-state index contributed by atoms with van der Waals surface area (Å²) in [6.45, 7) is 4.58. The second-order valence-corrected chi connectivity index (χ2v) is 12.5. The first-order valence-corrected chi connectivity index (χ1v) is 16.4. The maximum absolute atomic E-state index is 13.5. The van der Waals surface area contributed by atoms with E-state index in [1.807, 2.05) is 67.6 Å². The number of aromatic nitrogens is 2. The van der Waals surface area contributed by atoms with Crippen molar-refractivity contribution >= 4 is 40.7 Å². The van der Waals surface area contributed by atoms with Gasteiger partial charge in [-0.3, -0.25) is 9.59 Å². The molecule has 0 radical (unpaired) electrons. The first kappa shape index (κ1) is 32.2. The molecule has 43 heavy (non-hydrogen) atoms. The molecule has 0 fully saturated rings. The molecule has 8 nitrogen and oxygen atoms in total. The van der Waals surface area contributed by atoms with Gasteiger partial charge in [0.05, 0.1) is 18.7 Å². The highest BCUT2D eigenvalue weighted by atomic mass is 32.2. The summed E-state index contributed by atoms with van der Waals surface area (Å²) >= 11 is 3.26. The van der Waals surface area contributed by atoms with Crippen molar-refractivity contribution < 1.29 is 14.7 Å². The van der Waals surface area contributed by atoms with E-state index >= 15 is 0 Å². The van der Waals surface area contributed by atoms with E-state index < -0.39 is 12.1 Å². The number of thioether (sulfide) groups is 1. The summed E-state index contributed by atoms with van der Waals surface area (Å²) in [5, 5.41) is 17.3. The fraction of sp³-hybridized carbons (Fsp3) is 0.333. The lowest BCUT2D eigenvalue weighted by Crippen LogP contribution is -2.49. The van der Waals surface area contributed by atoms with E-state index in [-0.39, 0.29) is 18.4 Å². The van der Waals surface area contributed by atoms with E-state index in [0.717, 1.165) is 33.5 Å². The molecule has 4 aromatic rings. The van der Waals surface area contributed by atoms with Gasteiger partial charge in [0.25, 0.3) is 11.8 Å². The number of benzene rings is 2. The van der Waals surface area contributed by atoms with Crippen LogP contribution in [0.4, 0.5) is 5.82 Å². The molecule has 2 aromatic carbocycles. The number of amides is 2. The molecule has 2 aromatic heterocycles. The van der Waals surface area contributed by atoms with Crippen LogP contribution in [0, 0.1) is 13.8 Å². The van der Waals surface area contributed by atoms with Crippen LogP contribution in [-0.2, 0) is 18.7 Å². The van der Waals surface area contributed by atoms with Crippen molar-refractivity contribution in [2.45, 2.75) is 44.7 Å². The number of carbonyl (C=O) groups is 2. The lowest BCUT2D eigenvalue weighted by atomic mass is 10.00. The smallest absolute Gasteiger partial charge is 0.253 e. The quantitative estimate of drug-likeness (QED) is 0.215. The van der Waals surface area contributed by atoms with Gasteiger partial charge in [0.1, 0.15) is 10.8 Å². The highest BCUT2D eigenvalue weighted by Gasteiger charge is 2.25. The van der Waals surface area contributed by atoms with E-state index in [0.29, 0.717) is 24.1 Å². The van der Waals surface area contributed by atoms with Crippen LogP contribution in [0.3, 0.4) is 0 Å².